The summed E-state index contributed by atoms with van der Waals surface area (Å²) in [5.74, 6) is -0.395. The van der Waals surface area contributed by atoms with Crippen LogP contribution >= 0.6 is 15.9 Å². The summed E-state index contributed by atoms with van der Waals surface area (Å²) >= 11 is 3.41. The highest BCUT2D eigenvalue weighted by molar-refractivity contribution is 9.10. The Kier molecular flexibility index (Phi) is 2.98. The molecule has 0 fully saturated rings. The van der Waals surface area contributed by atoms with Gasteiger partial charge in [-0.25, -0.2) is 9.78 Å². The number of carbonyl (C=O) groups excluding carboxylic acids is 1. The molecule has 3 aromatic rings. The molecule has 0 unspecified atom stereocenters. The molecule has 0 atom stereocenters. The molecule has 0 saturated carbocycles. The van der Waals surface area contributed by atoms with Gasteiger partial charge in [-0.15, -0.1) is 0 Å². The molecule has 19 heavy (non-hydrogen) atoms. The number of halogens is 1. The zero-order valence-corrected chi connectivity index (χ0v) is 11.8. The molecular weight excluding hydrogens is 308 g/mol. The summed E-state index contributed by atoms with van der Waals surface area (Å²) < 4.78 is 7.93. The molecule has 1 aromatic carbocycles. The van der Waals surface area contributed by atoms with E-state index < -0.39 is 5.97 Å². The quantitative estimate of drug-likeness (QED) is 0.680. The van der Waals surface area contributed by atoms with Gasteiger partial charge in [0.2, 0.25) is 0 Å². The van der Waals surface area contributed by atoms with Crippen LogP contribution in [-0.4, -0.2) is 22.0 Å². The molecule has 3 rings (SSSR count). The minimum atomic E-state index is -0.395. The summed E-state index contributed by atoms with van der Waals surface area (Å²) in [4.78, 5) is 16.4. The molecule has 0 aliphatic rings. The van der Waals surface area contributed by atoms with E-state index in [1.807, 2.05) is 40.9 Å². The zero-order valence-electron chi connectivity index (χ0n) is 10.3. The fourth-order valence-electron chi connectivity index (χ4n) is 2.10. The van der Waals surface area contributed by atoms with Crippen LogP contribution in [0.3, 0.4) is 0 Å². The Morgan fingerprint density at radius 1 is 1.37 bits per heavy atom. The Labute approximate surface area is 118 Å². The van der Waals surface area contributed by atoms with E-state index in [4.69, 9.17) is 4.74 Å². The predicted octanol–water partition coefficient (Wildman–Crippen LogP) is 3.43. The van der Waals surface area contributed by atoms with Crippen LogP contribution in [0, 0.1) is 0 Å². The Balaban J connectivity index is 2.35. The number of hydrogen-bond acceptors (Lipinski definition) is 3. The van der Waals surface area contributed by atoms with Gasteiger partial charge in [-0.2, -0.15) is 0 Å². The van der Waals surface area contributed by atoms with Crippen molar-refractivity contribution in [2.45, 2.75) is 6.92 Å². The number of fused-ring (bicyclic) bond motifs is 3. The zero-order chi connectivity index (χ0) is 13.4. The molecular formula is C14H11BrN2O2. The summed E-state index contributed by atoms with van der Waals surface area (Å²) in [7, 11) is 0. The lowest BCUT2D eigenvalue weighted by atomic mass is 10.2. The minimum Gasteiger partial charge on any atom is -0.461 e. The van der Waals surface area contributed by atoms with Crippen LogP contribution in [0.1, 0.15) is 17.4 Å². The third-order valence-electron chi connectivity index (χ3n) is 2.89. The highest BCUT2D eigenvalue weighted by Crippen LogP contribution is 2.22. The van der Waals surface area contributed by atoms with Crippen LogP contribution in [0.25, 0.3) is 16.6 Å². The van der Waals surface area contributed by atoms with Crippen molar-refractivity contribution in [1.29, 1.82) is 0 Å². The molecule has 0 bridgehead atoms. The van der Waals surface area contributed by atoms with E-state index in [0.29, 0.717) is 12.3 Å². The maximum absolute atomic E-state index is 12.0. The molecule has 2 heterocycles. The lowest BCUT2D eigenvalue weighted by Gasteiger charge is -2.08. The summed E-state index contributed by atoms with van der Waals surface area (Å²) in [6.45, 7) is 2.12. The molecule has 4 nitrogen and oxygen atoms in total. The molecule has 0 saturated heterocycles. The molecule has 0 radical (unpaired) electrons. The summed E-state index contributed by atoms with van der Waals surface area (Å²) in [6, 6.07) is 9.56. The molecule has 96 valence electrons. The third kappa shape index (κ3) is 2.00. The van der Waals surface area contributed by atoms with Crippen molar-refractivity contribution in [2.24, 2.45) is 0 Å². The van der Waals surface area contributed by atoms with Crippen molar-refractivity contribution in [3.8, 4) is 0 Å². The smallest absolute Gasteiger partial charge is 0.359 e. The maximum Gasteiger partial charge on any atom is 0.359 e. The van der Waals surface area contributed by atoms with Crippen molar-refractivity contribution in [1.82, 2.24) is 9.38 Å². The third-order valence-corrected chi connectivity index (χ3v) is 3.38. The van der Waals surface area contributed by atoms with Gasteiger partial charge >= 0.3 is 5.97 Å². The first kappa shape index (κ1) is 12.2. The summed E-state index contributed by atoms with van der Waals surface area (Å²) in [5.41, 5.74) is 2.81. The molecule has 0 aliphatic carbocycles. The van der Waals surface area contributed by atoms with Crippen LogP contribution in [0.15, 0.2) is 41.0 Å². The van der Waals surface area contributed by atoms with Gasteiger partial charge in [-0.1, -0.05) is 15.9 Å². The largest absolute Gasteiger partial charge is 0.461 e. The lowest BCUT2D eigenvalue weighted by molar-refractivity contribution is 0.0522. The summed E-state index contributed by atoms with van der Waals surface area (Å²) in [6.07, 6.45) is 1.91. The lowest BCUT2D eigenvalue weighted by Crippen LogP contribution is -2.09. The second-order valence-electron chi connectivity index (χ2n) is 4.08. The SMILES string of the molecule is CCOC(=O)c1nc2cc(Br)ccc2n2cccc12. The van der Waals surface area contributed by atoms with Gasteiger partial charge in [0, 0.05) is 10.7 Å². The van der Waals surface area contributed by atoms with E-state index in [-0.39, 0.29) is 0 Å². The van der Waals surface area contributed by atoms with Gasteiger partial charge in [0.1, 0.15) is 0 Å². The number of ether oxygens (including phenoxy) is 1. The molecule has 0 amide bonds. The highest BCUT2D eigenvalue weighted by Gasteiger charge is 2.15. The average molecular weight is 319 g/mol. The van der Waals surface area contributed by atoms with Gasteiger partial charge < -0.3 is 9.14 Å². The fourth-order valence-corrected chi connectivity index (χ4v) is 2.45. The second kappa shape index (κ2) is 4.66. The Bertz CT molecular complexity index is 780. The van der Waals surface area contributed by atoms with E-state index in [2.05, 4.69) is 20.9 Å². The number of carbonyl (C=O) groups is 1. The normalized spacial score (nSPS) is 11.1. The molecule has 2 aromatic heterocycles. The standard InChI is InChI=1S/C14H11BrN2O2/c1-2-19-14(18)13-12-4-3-7-17(12)11-6-5-9(15)8-10(11)16-13/h3-8H,2H2,1H3. The average Bonchev–Trinajstić information content (AvgIpc) is 2.86. The molecule has 0 aliphatic heterocycles. The Morgan fingerprint density at radius 3 is 3.00 bits per heavy atom. The van der Waals surface area contributed by atoms with E-state index in [9.17, 15) is 4.79 Å². The van der Waals surface area contributed by atoms with E-state index in [0.717, 1.165) is 21.0 Å². The maximum atomic E-state index is 12.0. The number of esters is 1. The van der Waals surface area contributed by atoms with E-state index in [1.165, 1.54) is 0 Å². The number of aromatic nitrogens is 2. The van der Waals surface area contributed by atoms with Crippen molar-refractivity contribution in [3.63, 3.8) is 0 Å². The van der Waals surface area contributed by atoms with Gasteiger partial charge in [0.25, 0.3) is 0 Å². The Hall–Kier alpha value is -1.88. The fraction of sp³-hybridized carbons (Fsp3) is 0.143. The first-order valence-electron chi connectivity index (χ1n) is 5.94. The van der Waals surface area contributed by atoms with Gasteiger partial charge in [-0.05, 0) is 37.3 Å². The predicted molar refractivity (Wildman–Crippen MR) is 76.4 cm³/mol. The summed E-state index contributed by atoms with van der Waals surface area (Å²) in [5, 5.41) is 0. The van der Waals surface area contributed by atoms with Crippen LogP contribution in [0.5, 0.6) is 0 Å². The molecule has 0 spiro atoms. The van der Waals surface area contributed by atoms with Gasteiger partial charge in [-0.3, -0.25) is 0 Å². The van der Waals surface area contributed by atoms with Crippen LogP contribution in [-0.2, 0) is 4.74 Å². The number of rotatable bonds is 2. The highest BCUT2D eigenvalue weighted by atomic mass is 79.9. The van der Waals surface area contributed by atoms with Crippen LogP contribution in [0.2, 0.25) is 0 Å². The van der Waals surface area contributed by atoms with Crippen LogP contribution < -0.4 is 0 Å². The van der Waals surface area contributed by atoms with Crippen molar-refractivity contribution >= 4 is 38.4 Å². The number of hydrogen-bond donors (Lipinski definition) is 0. The number of nitrogens with zero attached hydrogens (tertiary/aromatic N) is 2. The first-order valence-corrected chi connectivity index (χ1v) is 6.73. The van der Waals surface area contributed by atoms with Gasteiger partial charge in [0.05, 0.1) is 23.2 Å². The van der Waals surface area contributed by atoms with Crippen molar-refractivity contribution in [2.75, 3.05) is 6.61 Å². The van der Waals surface area contributed by atoms with E-state index >= 15 is 0 Å². The topological polar surface area (TPSA) is 43.6 Å². The van der Waals surface area contributed by atoms with E-state index in [1.54, 1.807) is 6.92 Å². The first-order chi connectivity index (χ1) is 9.20. The van der Waals surface area contributed by atoms with Crippen LogP contribution in [0.4, 0.5) is 0 Å². The molecule has 5 heteroatoms. The van der Waals surface area contributed by atoms with Crippen molar-refractivity contribution < 1.29 is 9.53 Å². The Morgan fingerprint density at radius 2 is 2.21 bits per heavy atom. The second-order valence-corrected chi connectivity index (χ2v) is 4.99. The number of benzene rings is 1. The van der Waals surface area contributed by atoms with Gasteiger partial charge in [0.15, 0.2) is 5.69 Å². The van der Waals surface area contributed by atoms with Crippen molar-refractivity contribution in [3.05, 3.63) is 46.7 Å². The molecule has 0 N–H and O–H groups in total. The monoisotopic (exact) mass is 318 g/mol. The minimum absolute atomic E-state index is 0.337.